The van der Waals surface area contributed by atoms with Crippen molar-refractivity contribution in [2.75, 3.05) is 6.54 Å². The molecule has 3 N–H and O–H groups in total. The number of carboxylic acids is 1. The molecule has 0 aromatic heterocycles. The predicted molar refractivity (Wildman–Crippen MR) is 106 cm³/mol. The number of nitrogens with one attached hydrogen (secondary N) is 2. The van der Waals surface area contributed by atoms with Gasteiger partial charge in [-0.05, 0) is 12.8 Å². The molecule has 0 saturated carbocycles. The first-order valence-electron chi connectivity index (χ1n) is 10.9. The number of unbranched alkanes of at least 4 members (excludes halogenated alkanes) is 12. The van der Waals surface area contributed by atoms with Crippen molar-refractivity contribution in [1.82, 2.24) is 10.6 Å². The fourth-order valence-electron chi connectivity index (χ4n) is 3.64. The van der Waals surface area contributed by atoms with E-state index in [9.17, 15) is 9.59 Å². The lowest BCUT2D eigenvalue weighted by molar-refractivity contribution is -0.139. The summed E-state index contributed by atoms with van der Waals surface area (Å²) >= 11 is 0. The molecule has 1 heterocycles. The van der Waals surface area contributed by atoms with Crippen molar-refractivity contribution in [1.29, 1.82) is 0 Å². The first-order valence-corrected chi connectivity index (χ1v) is 10.9. The zero-order valence-corrected chi connectivity index (χ0v) is 16.7. The molecule has 26 heavy (non-hydrogen) atoms. The third-order valence-corrected chi connectivity index (χ3v) is 5.30. The van der Waals surface area contributed by atoms with E-state index in [4.69, 9.17) is 5.11 Å². The molecule has 5 heteroatoms. The van der Waals surface area contributed by atoms with Crippen molar-refractivity contribution in [3.63, 3.8) is 0 Å². The Labute approximate surface area is 159 Å². The maximum Gasteiger partial charge on any atom is 0.320 e. The zero-order chi connectivity index (χ0) is 19.0. The van der Waals surface area contributed by atoms with Crippen LogP contribution >= 0.6 is 0 Å². The van der Waals surface area contributed by atoms with E-state index in [0.29, 0.717) is 19.4 Å². The first-order chi connectivity index (χ1) is 12.6. The molecule has 2 atom stereocenters. The summed E-state index contributed by atoms with van der Waals surface area (Å²) in [6.45, 7) is 2.82. The van der Waals surface area contributed by atoms with Gasteiger partial charge in [-0.2, -0.15) is 0 Å². The summed E-state index contributed by atoms with van der Waals surface area (Å²) in [4.78, 5) is 22.8. The summed E-state index contributed by atoms with van der Waals surface area (Å²) in [5.41, 5.74) is 0. The van der Waals surface area contributed by atoms with Gasteiger partial charge in [0, 0.05) is 19.0 Å². The lowest BCUT2D eigenvalue weighted by Gasteiger charge is -2.11. The molecule has 0 unspecified atom stereocenters. The van der Waals surface area contributed by atoms with Crippen LogP contribution in [-0.4, -0.2) is 35.6 Å². The number of amides is 1. The maximum atomic E-state index is 11.9. The molecule has 0 aromatic carbocycles. The fourth-order valence-corrected chi connectivity index (χ4v) is 3.64. The van der Waals surface area contributed by atoms with Crippen LogP contribution in [-0.2, 0) is 9.59 Å². The standard InChI is InChI=1S/C21H40N2O3/c1-2-3-4-5-6-7-8-9-10-11-12-13-14-15-20(24)23-18-16-19(21(25)26)22-17-18/h18-19,22H,2-17H2,1H3,(H,23,24)(H,25,26)/t18-,19+/m0/s1. The molecule has 0 bridgehead atoms. The van der Waals surface area contributed by atoms with Gasteiger partial charge in [-0.1, -0.05) is 84.0 Å². The van der Waals surface area contributed by atoms with E-state index in [-0.39, 0.29) is 11.9 Å². The van der Waals surface area contributed by atoms with Crippen LogP contribution in [0.15, 0.2) is 0 Å². The van der Waals surface area contributed by atoms with Crippen molar-refractivity contribution >= 4 is 11.9 Å². The number of aliphatic carboxylic acids is 1. The number of carboxylic acid groups (broad SMARTS) is 1. The van der Waals surface area contributed by atoms with E-state index >= 15 is 0 Å². The Morgan fingerprint density at radius 2 is 1.38 bits per heavy atom. The third-order valence-electron chi connectivity index (χ3n) is 5.30. The van der Waals surface area contributed by atoms with Gasteiger partial charge in [0.2, 0.25) is 5.91 Å². The summed E-state index contributed by atoms with van der Waals surface area (Å²) in [6.07, 6.45) is 18.0. The van der Waals surface area contributed by atoms with Crippen LogP contribution in [0, 0.1) is 0 Å². The molecular formula is C21H40N2O3. The number of hydrogen-bond donors (Lipinski definition) is 3. The second kappa shape index (κ2) is 15.0. The molecule has 0 radical (unpaired) electrons. The van der Waals surface area contributed by atoms with Crippen LogP contribution in [0.25, 0.3) is 0 Å². The highest BCUT2D eigenvalue weighted by Gasteiger charge is 2.29. The van der Waals surface area contributed by atoms with Gasteiger partial charge in [0.05, 0.1) is 0 Å². The first kappa shape index (κ1) is 22.9. The largest absolute Gasteiger partial charge is 0.480 e. The van der Waals surface area contributed by atoms with Crippen molar-refractivity contribution < 1.29 is 14.7 Å². The molecule has 1 rings (SSSR count). The van der Waals surface area contributed by atoms with Gasteiger partial charge in [-0.15, -0.1) is 0 Å². The SMILES string of the molecule is CCCCCCCCCCCCCCCC(=O)N[C@@H]1CN[C@@H](C(=O)O)C1. The lowest BCUT2D eigenvalue weighted by Crippen LogP contribution is -2.35. The summed E-state index contributed by atoms with van der Waals surface area (Å²) in [5, 5.41) is 14.8. The van der Waals surface area contributed by atoms with Crippen molar-refractivity contribution in [2.45, 2.75) is 115 Å². The molecule has 0 aromatic rings. The van der Waals surface area contributed by atoms with Crippen LogP contribution in [0.3, 0.4) is 0 Å². The molecule has 0 aliphatic carbocycles. The van der Waals surface area contributed by atoms with Gasteiger partial charge in [0.15, 0.2) is 0 Å². The van der Waals surface area contributed by atoms with Crippen molar-refractivity contribution in [3.8, 4) is 0 Å². The Bertz CT molecular complexity index is 387. The minimum absolute atomic E-state index is 0.0365. The Balaban J connectivity index is 1.83. The molecule has 1 aliphatic rings. The van der Waals surface area contributed by atoms with Gasteiger partial charge in [0.25, 0.3) is 0 Å². The highest BCUT2D eigenvalue weighted by atomic mass is 16.4. The molecule has 152 valence electrons. The summed E-state index contributed by atoms with van der Waals surface area (Å²) < 4.78 is 0. The second-order valence-corrected chi connectivity index (χ2v) is 7.79. The lowest BCUT2D eigenvalue weighted by atomic mass is 10.0. The van der Waals surface area contributed by atoms with Crippen LogP contribution in [0.4, 0.5) is 0 Å². The highest BCUT2D eigenvalue weighted by Crippen LogP contribution is 2.13. The van der Waals surface area contributed by atoms with E-state index < -0.39 is 12.0 Å². The van der Waals surface area contributed by atoms with E-state index in [1.54, 1.807) is 0 Å². The number of carbonyl (C=O) groups is 2. The average Bonchev–Trinajstić information content (AvgIpc) is 3.07. The Morgan fingerprint density at radius 3 is 1.85 bits per heavy atom. The number of rotatable bonds is 16. The Morgan fingerprint density at radius 1 is 0.885 bits per heavy atom. The summed E-state index contributed by atoms with van der Waals surface area (Å²) in [5.74, 6) is -0.774. The molecular weight excluding hydrogens is 328 g/mol. The fraction of sp³-hybridized carbons (Fsp3) is 0.905. The number of hydrogen-bond acceptors (Lipinski definition) is 3. The monoisotopic (exact) mass is 368 g/mol. The Hall–Kier alpha value is -1.10. The number of carbonyl (C=O) groups excluding carboxylic acids is 1. The van der Waals surface area contributed by atoms with Crippen LogP contribution < -0.4 is 10.6 Å². The van der Waals surface area contributed by atoms with Crippen molar-refractivity contribution in [3.05, 3.63) is 0 Å². The molecule has 0 spiro atoms. The average molecular weight is 369 g/mol. The van der Waals surface area contributed by atoms with E-state index in [1.165, 1.54) is 70.6 Å². The predicted octanol–water partition coefficient (Wildman–Crippen LogP) is 4.40. The minimum Gasteiger partial charge on any atom is -0.480 e. The molecule has 1 amide bonds. The van der Waals surface area contributed by atoms with Gasteiger partial charge >= 0.3 is 5.97 Å². The van der Waals surface area contributed by atoms with Crippen LogP contribution in [0.5, 0.6) is 0 Å². The minimum atomic E-state index is -0.835. The van der Waals surface area contributed by atoms with E-state index in [2.05, 4.69) is 17.6 Å². The van der Waals surface area contributed by atoms with E-state index in [1.807, 2.05) is 0 Å². The molecule has 1 fully saturated rings. The molecule has 5 nitrogen and oxygen atoms in total. The smallest absolute Gasteiger partial charge is 0.320 e. The van der Waals surface area contributed by atoms with Gasteiger partial charge in [-0.3, -0.25) is 9.59 Å². The van der Waals surface area contributed by atoms with Crippen molar-refractivity contribution in [2.24, 2.45) is 0 Å². The normalized spacial score (nSPS) is 19.6. The van der Waals surface area contributed by atoms with Gasteiger partial charge < -0.3 is 15.7 Å². The van der Waals surface area contributed by atoms with Gasteiger partial charge in [-0.25, -0.2) is 0 Å². The van der Waals surface area contributed by atoms with E-state index in [0.717, 1.165) is 12.8 Å². The van der Waals surface area contributed by atoms with Gasteiger partial charge in [0.1, 0.15) is 6.04 Å². The van der Waals surface area contributed by atoms with Crippen LogP contribution in [0.1, 0.15) is 103 Å². The molecule has 1 aliphatic heterocycles. The highest BCUT2D eigenvalue weighted by molar-refractivity contribution is 5.77. The Kier molecular flexibility index (Phi) is 13.2. The second-order valence-electron chi connectivity index (χ2n) is 7.79. The van der Waals surface area contributed by atoms with Crippen LogP contribution in [0.2, 0.25) is 0 Å². The summed E-state index contributed by atoms with van der Waals surface area (Å²) in [6, 6.07) is -0.554. The quantitative estimate of drug-likeness (QED) is 0.353. The summed E-state index contributed by atoms with van der Waals surface area (Å²) in [7, 11) is 0. The molecule has 1 saturated heterocycles. The maximum absolute atomic E-state index is 11.9. The third kappa shape index (κ3) is 11.5. The zero-order valence-electron chi connectivity index (χ0n) is 16.7. The topological polar surface area (TPSA) is 78.4 Å².